The van der Waals surface area contributed by atoms with E-state index < -0.39 is 28.3 Å². The molecule has 130 valence electrons. The molecule has 0 radical (unpaired) electrons. The predicted molar refractivity (Wildman–Crippen MR) is 83.6 cm³/mol. The van der Waals surface area contributed by atoms with Gasteiger partial charge < -0.3 is 6.33 Å². The number of nitrogens with zero attached hydrogens (tertiary/aromatic N) is 2. The van der Waals surface area contributed by atoms with Crippen molar-refractivity contribution in [3.8, 4) is 0 Å². The van der Waals surface area contributed by atoms with Crippen molar-refractivity contribution in [3.05, 3.63) is 11.6 Å². The third kappa shape index (κ3) is 2.86. The van der Waals surface area contributed by atoms with Crippen LogP contribution < -0.4 is 29.6 Å². The third-order valence-corrected chi connectivity index (χ3v) is 6.31. The van der Waals surface area contributed by atoms with E-state index >= 15 is 0 Å². The van der Waals surface area contributed by atoms with Crippen molar-refractivity contribution in [2.45, 2.75) is 46.2 Å². The quantitative estimate of drug-likeness (QED) is 0.269. The first-order valence-electron chi connectivity index (χ1n) is 7.74. The molecule has 1 aliphatic carbocycles. The zero-order chi connectivity index (χ0) is 17.3. The average molecular weight is 366 g/mol. The van der Waals surface area contributed by atoms with Gasteiger partial charge in [-0.2, -0.15) is 8.42 Å². The molecule has 0 unspecified atom stereocenters. The number of fused-ring (bicyclic) bond motifs is 1. The maximum atomic E-state index is 12.8. The molecular formula is C15H23N2NaO5S. The second-order valence-electron chi connectivity index (χ2n) is 7.51. The van der Waals surface area contributed by atoms with Gasteiger partial charge in [0, 0.05) is 6.54 Å². The zero-order valence-corrected chi connectivity index (χ0v) is 17.5. The van der Waals surface area contributed by atoms with Gasteiger partial charge >= 0.3 is 39.9 Å². The fourth-order valence-corrected chi connectivity index (χ4v) is 4.96. The van der Waals surface area contributed by atoms with Gasteiger partial charge in [0.05, 0.1) is 12.0 Å². The van der Waals surface area contributed by atoms with Gasteiger partial charge in [0.15, 0.2) is 0 Å². The van der Waals surface area contributed by atoms with Crippen LogP contribution in [0.5, 0.6) is 0 Å². The summed E-state index contributed by atoms with van der Waals surface area (Å²) in [5.74, 6) is -0.829. The number of carbonyl (C=O) groups excluding carboxylic acids is 2. The normalized spacial score (nSPS) is 33.3. The molecule has 0 aromatic heterocycles. The second-order valence-corrected chi connectivity index (χ2v) is 8.80. The maximum absolute atomic E-state index is 12.8. The molecule has 9 heteroatoms. The molecular weight excluding hydrogens is 343 g/mol. The molecule has 0 bridgehead atoms. The molecule has 1 saturated carbocycles. The first kappa shape index (κ1) is 19.9. The van der Waals surface area contributed by atoms with E-state index in [9.17, 15) is 18.0 Å². The Morgan fingerprint density at radius 2 is 1.96 bits per heavy atom. The average Bonchev–Trinajstić information content (AvgIpc) is 2.76. The molecule has 3 rings (SSSR count). The Morgan fingerprint density at radius 3 is 2.46 bits per heavy atom. The Labute approximate surface area is 166 Å². The van der Waals surface area contributed by atoms with E-state index in [0.29, 0.717) is 17.3 Å². The molecule has 2 amide bonds. The number of amides is 2. The number of hydrogen-bond donors (Lipinski definition) is 1. The van der Waals surface area contributed by atoms with Gasteiger partial charge in [-0.05, 0) is 31.6 Å². The van der Waals surface area contributed by atoms with Gasteiger partial charge in [-0.15, -0.1) is 0 Å². The smallest absolute Gasteiger partial charge is 1.00 e. The number of allylic oxidation sites excluding steroid dienone is 2. The van der Waals surface area contributed by atoms with Crippen molar-refractivity contribution in [1.29, 1.82) is 0 Å². The molecule has 3 fully saturated rings. The van der Waals surface area contributed by atoms with Crippen LogP contribution in [0, 0.1) is 17.3 Å². The summed E-state index contributed by atoms with van der Waals surface area (Å²) in [6, 6.07) is -1.36. The van der Waals surface area contributed by atoms with E-state index in [4.69, 9.17) is 4.55 Å². The van der Waals surface area contributed by atoms with E-state index in [1.807, 2.05) is 27.7 Å². The van der Waals surface area contributed by atoms with Crippen LogP contribution >= 0.6 is 0 Å². The fraction of sp³-hybridized carbons (Fsp3) is 0.733. The van der Waals surface area contributed by atoms with E-state index in [1.165, 1.54) is 4.90 Å². The second kappa shape index (κ2) is 6.09. The van der Waals surface area contributed by atoms with Crippen molar-refractivity contribution in [1.82, 2.24) is 9.21 Å². The fourth-order valence-electron chi connectivity index (χ4n) is 4.06. The minimum absolute atomic E-state index is 0. The SMILES string of the molecule is CC(C)=C[C@@H]1[C@@H](C(=O)N2CC[C@@H]3[C@H]2C(=O)N3S(=O)(=O)O)C1(C)C.[H-].[Na+]. The molecule has 2 saturated heterocycles. The number of hydrogen-bond acceptors (Lipinski definition) is 4. The van der Waals surface area contributed by atoms with Crippen molar-refractivity contribution in [2.24, 2.45) is 17.3 Å². The van der Waals surface area contributed by atoms with Crippen molar-refractivity contribution < 1.29 is 53.5 Å². The summed E-state index contributed by atoms with van der Waals surface area (Å²) in [6.07, 6.45) is 2.46. The van der Waals surface area contributed by atoms with Crippen LogP contribution in [0.1, 0.15) is 35.5 Å². The first-order chi connectivity index (χ1) is 10.5. The minimum Gasteiger partial charge on any atom is -1.00 e. The molecule has 4 atom stereocenters. The third-order valence-electron chi connectivity index (χ3n) is 5.36. The summed E-state index contributed by atoms with van der Waals surface area (Å²) >= 11 is 0. The Kier molecular flexibility index (Phi) is 5.05. The Balaban J connectivity index is 0.00000156. The Morgan fingerprint density at radius 1 is 1.38 bits per heavy atom. The predicted octanol–water partition coefficient (Wildman–Crippen LogP) is -2.04. The van der Waals surface area contributed by atoms with Gasteiger partial charge in [-0.25, -0.2) is 4.31 Å². The van der Waals surface area contributed by atoms with Gasteiger partial charge in [0.2, 0.25) is 5.91 Å². The zero-order valence-electron chi connectivity index (χ0n) is 15.7. The van der Waals surface area contributed by atoms with Crippen LogP contribution in [-0.4, -0.2) is 52.6 Å². The Hall–Kier alpha value is -0.410. The number of carbonyl (C=O) groups is 2. The molecule has 2 aliphatic heterocycles. The molecule has 3 aliphatic rings. The summed E-state index contributed by atoms with van der Waals surface area (Å²) in [5.41, 5.74) is 0.997. The largest absolute Gasteiger partial charge is 1.00 e. The van der Waals surface area contributed by atoms with E-state index in [0.717, 1.165) is 5.57 Å². The molecule has 0 aromatic rings. The summed E-state index contributed by atoms with van der Waals surface area (Å²) in [7, 11) is -4.54. The molecule has 7 nitrogen and oxygen atoms in total. The summed E-state index contributed by atoms with van der Waals surface area (Å²) in [6.45, 7) is 8.38. The van der Waals surface area contributed by atoms with E-state index in [2.05, 4.69) is 6.08 Å². The van der Waals surface area contributed by atoms with Gasteiger partial charge in [-0.3, -0.25) is 14.1 Å². The molecule has 0 spiro atoms. The van der Waals surface area contributed by atoms with Gasteiger partial charge in [-0.1, -0.05) is 25.5 Å². The van der Waals surface area contributed by atoms with Gasteiger partial charge in [0.1, 0.15) is 6.04 Å². The number of β-lactam (4-membered cyclic amide) rings is 1. The topological polar surface area (TPSA) is 95.0 Å². The summed E-state index contributed by atoms with van der Waals surface area (Å²) < 4.78 is 32.0. The van der Waals surface area contributed by atoms with Crippen LogP contribution in [-0.2, 0) is 19.9 Å². The van der Waals surface area contributed by atoms with Crippen LogP contribution in [0.4, 0.5) is 0 Å². The van der Waals surface area contributed by atoms with Crippen LogP contribution in [0.2, 0.25) is 0 Å². The first-order valence-corrected chi connectivity index (χ1v) is 9.14. The van der Waals surface area contributed by atoms with Crippen molar-refractivity contribution in [3.63, 3.8) is 0 Å². The van der Waals surface area contributed by atoms with Crippen molar-refractivity contribution >= 4 is 22.1 Å². The van der Waals surface area contributed by atoms with E-state index in [1.54, 1.807) is 0 Å². The Bertz CT molecular complexity index is 719. The number of likely N-dealkylation sites (tertiary alicyclic amines) is 1. The summed E-state index contributed by atoms with van der Waals surface area (Å²) in [4.78, 5) is 26.4. The van der Waals surface area contributed by atoms with E-state index in [-0.39, 0.29) is 54.1 Å². The minimum atomic E-state index is -4.54. The maximum Gasteiger partial charge on any atom is 1.00 e. The monoisotopic (exact) mass is 366 g/mol. The van der Waals surface area contributed by atoms with Crippen LogP contribution in [0.25, 0.3) is 0 Å². The number of rotatable bonds is 3. The van der Waals surface area contributed by atoms with Crippen LogP contribution in [0.3, 0.4) is 0 Å². The molecule has 0 aromatic carbocycles. The summed E-state index contributed by atoms with van der Waals surface area (Å²) in [5, 5.41) is 0. The van der Waals surface area contributed by atoms with Crippen LogP contribution in [0.15, 0.2) is 11.6 Å². The van der Waals surface area contributed by atoms with Gasteiger partial charge in [0.25, 0.3) is 5.91 Å². The standard InChI is InChI=1S/C15H22N2O5S.Na.H/c1-8(2)7-9-11(15(9,3)4)13(18)16-6-5-10-12(16)14(19)17(10)23(20,21)22;;/h7,9-12H,5-6H2,1-4H3,(H,20,21,22);;/q;+1;-1/t9-,10-,11+,12+;;/m1../s1. The molecule has 2 heterocycles. The van der Waals surface area contributed by atoms with Crippen molar-refractivity contribution in [2.75, 3.05) is 6.54 Å². The molecule has 24 heavy (non-hydrogen) atoms. The molecule has 1 N–H and O–H groups in total.